The van der Waals surface area contributed by atoms with Crippen LogP contribution in [0.15, 0.2) is 35.2 Å². The quantitative estimate of drug-likeness (QED) is 0.423. The van der Waals surface area contributed by atoms with Crippen molar-refractivity contribution < 1.29 is 57.5 Å². The molecule has 2 aromatic rings. The Kier molecular flexibility index (Phi) is 6.35. The van der Waals surface area contributed by atoms with E-state index in [1.165, 1.54) is 0 Å². The van der Waals surface area contributed by atoms with Crippen molar-refractivity contribution in [1.82, 2.24) is 0 Å². The maximum atomic E-state index is 13.3. The van der Waals surface area contributed by atoms with E-state index >= 15 is 0 Å². The third kappa shape index (κ3) is 5.16. The molecule has 0 aliphatic rings. The van der Waals surface area contributed by atoms with E-state index in [9.17, 15) is 52.7 Å². The second kappa shape index (κ2) is 7.98. The smallest absolute Gasteiger partial charge is 0.420 e. The molecular formula is C18H11F9O4S. The van der Waals surface area contributed by atoms with E-state index in [1.807, 2.05) is 0 Å². The van der Waals surface area contributed by atoms with Gasteiger partial charge in [-0.15, -0.1) is 0 Å². The lowest BCUT2D eigenvalue weighted by molar-refractivity contribution is -0.144. The van der Waals surface area contributed by atoms with Crippen molar-refractivity contribution in [3.8, 4) is 5.75 Å². The molecule has 2 rings (SSSR count). The second-order valence-corrected chi connectivity index (χ2v) is 8.39. The van der Waals surface area contributed by atoms with Crippen molar-refractivity contribution in [3.63, 3.8) is 0 Å². The van der Waals surface area contributed by atoms with Crippen LogP contribution < -0.4 is 4.74 Å². The van der Waals surface area contributed by atoms with Crippen molar-refractivity contribution >= 4 is 15.6 Å². The number of hydrogen-bond donors (Lipinski definition) is 0. The highest BCUT2D eigenvalue weighted by Crippen LogP contribution is 2.43. The van der Waals surface area contributed by atoms with Crippen LogP contribution in [0.4, 0.5) is 39.5 Å². The van der Waals surface area contributed by atoms with E-state index in [2.05, 4.69) is 4.74 Å². The lowest BCUT2D eigenvalue weighted by Gasteiger charge is -2.19. The Morgan fingerprint density at radius 3 is 1.72 bits per heavy atom. The lowest BCUT2D eigenvalue weighted by atomic mass is 9.95. The highest BCUT2D eigenvalue weighted by Gasteiger charge is 2.42. The number of rotatable bonds is 4. The summed E-state index contributed by atoms with van der Waals surface area (Å²) in [5.41, 5.74) is -7.78. The number of alkyl halides is 9. The molecular weight excluding hydrogens is 483 g/mol. The minimum Gasteiger partial charge on any atom is -0.495 e. The van der Waals surface area contributed by atoms with Crippen molar-refractivity contribution in [3.05, 3.63) is 58.1 Å². The summed E-state index contributed by atoms with van der Waals surface area (Å²) in [4.78, 5) is 11.6. The van der Waals surface area contributed by atoms with Gasteiger partial charge in [0.05, 0.1) is 34.3 Å². The van der Waals surface area contributed by atoms with Gasteiger partial charge in [0.25, 0.3) is 0 Å². The van der Waals surface area contributed by atoms with Crippen LogP contribution in [0.1, 0.15) is 32.6 Å². The molecule has 0 aliphatic carbocycles. The number of sulfone groups is 1. The molecule has 2 aromatic carbocycles. The number of halogens is 9. The summed E-state index contributed by atoms with van der Waals surface area (Å²) >= 11 is 0. The van der Waals surface area contributed by atoms with Crippen LogP contribution in [-0.2, 0) is 28.4 Å². The number of methoxy groups -OCH3 is 1. The molecule has 0 aliphatic heterocycles. The molecule has 4 nitrogen and oxygen atoms in total. The molecule has 0 heterocycles. The fourth-order valence-electron chi connectivity index (χ4n) is 2.73. The van der Waals surface area contributed by atoms with E-state index in [4.69, 9.17) is 0 Å². The summed E-state index contributed by atoms with van der Waals surface area (Å²) < 4.78 is 147. The van der Waals surface area contributed by atoms with Gasteiger partial charge in [0.15, 0.2) is 15.6 Å². The van der Waals surface area contributed by atoms with Gasteiger partial charge < -0.3 is 4.74 Å². The fraction of sp³-hybridized carbons (Fsp3) is 0.278. The van der Waals surface area contributed by atoms with Crippen LogP contribution in [0.2, 0.25) is 0 Å². The first-order valence-corrected chi connectivity index (χ1v) is 10.00. The number of carbonyl (C=O) groups is 1. The third-order valence-electron chi connectivity index (χ3n) is 4.12. The minimum absolute atomic E-state index is 0.000134. The first-order chi connectivity index (χ1) is 14.3. The van der Waals surface area contributed by atoms with Crippen molar-refractivity contribution in [2.75, 3.05) is 13.4 Å². The predicted molar refractivity (Wildman–Crippen MR) is 91.0 cm³/mol. The highest BCUT2D eigenvalue weighted by atomic mass is 32.2. The Bertz CT molecular complexity index is 1160. The Morgan fingerprint density at radius 1 is 0.781 bits per heavy atom. The molecule has 0 spiro atoms. The molecule has 0 amide bonds. The molecule has 0 radical (unpaired) electrons. The van der Waals surface area contributed by atoms with Crippen LogP contribution in [0.25, 0.3) is 0 Å². The summed E-state index contributed by atoms with van der Waals surface area (Å²) in [5.74, 6) is -3.07. The van der Waals surface area contributed by atoms with E-state index in [0.29, 0.717) is 19.4 Å². The van der Waals surface area contributed by atoms with Gasteiger partial charge in [-0.2, -0.15) is 39.5 Å². The van der Waals surface area contributed by atoms with Gasteiger partial charge in [-0.25, -0.2) is 8.42 Å². The molecule has 0 atom stereocenters. The summed E-state index contributed by atoms with van der Waals surface area (Å²) in [6, 6.07) is 0.383. The molecule has 0 unspecified atom stereocenters. The Morgan fingerprint density at radius 2 is 1.31 bits per heavy atom. The van der Waals surface area contributed by atoms with Gasteiger partial charge in [0.2, 0.25) is 0 Å². The Balaban J connectivity index is 2.91. The van der Waals surface area contributed by atoms with Crippen molar-refractivity contribution in [2.45, 2.75) is 23.4 Å². The van der Waals surface area contributed by atoms with Crippen LogP contribution in [0.3, 0.4) is 0 Å². The first-order valence-electron chi connectivity index (χ1n) is 8.11. The van der Waals surface area contributed by atoms with Crippen LogP contribution in [0, 0.1) is 0 Å². The maximum absolute atomic E-state index is 13.3. The second-order valence-electron chi connectivity index (χ2n) is 6.41. The molecule has 0 fully saturated rings. The van der Waals surface area contributed by atoms with Gasteiger partial charge in [-0.1, -0.05) is 0 Å². The van der Waals surface area contributed by atoms with Crippen molar-refractivity contribution in [2.24, 2.45) is 0 Å². The van der Waals surface area contributed by atoms with Gasteiger partial charge in [-0.05, 0) is 30.3 Å². The van der Waals surface area contributed by atoms with Gasteiger partial charge in [-0.3, -0.25) is 4.79 Å². The topological polar surface area (TPSA) is 60.4 Å². The number of benzene rings is 2. The molecule has 14 heteroatoms. The lowest BCUT2D eigenvalue weighted by Crippen LogP contribution is -2.18. The highest BCUT2D eigenvalue weighted by molar-refractivity contribution is 7.90. The maximum Gasteiger partial charge on any atom is 0.420 e. The summed E-state index contributed by atoms with van der Waals surface area (Å²) in [5, 5.41) is 0. The van der Waals surface area contributed by atoms with E-state index in [-0.39, 0.29) is 24.3 Å². The minimum atomic E-state index is -5.42. The van der Waals surface area contributed by atoms with Gasteiger partial charge in [0.1, 0.15) is 5.75 Å². The Hall–Kier alpha value is -2.77. The van der Waals surface area contributed by atoms with Gasteiger partial charge >= 0.3 is 18.5 Å². The van der Waals surface area contributed by atoms with Crippen molar-refractivity contribution in [1.29, 1.82) is 0 Å². The predicted octanol–water partition coefficient (Wildman–Crippen LogP) is 5.39. The molecule has 32 heavy (non-hydrogen) atoms. The molecule has 0 saturated carbocycles. The molecule has 176 valence electrons. The zero-order valence-corrected chi connectivity index (χ0v) is 16.6. The molecule has 0 N–H and O–H groups in total. The van der Waals surface area contributed by atoms with Crippen LogP contribution >= 0.6 is 0 Å². The SMILES string of the molecule is COc1c(C(=O)c2ccc(C(F)(F)F)cc2S(C)(=O)=O)cc(C(F)(F)F)cc1C(F)(F)F. The number of carbonyl (C=O) groups excluding carboxylic acids is 1. The first kappa shape index (κ1) is 25.5. The normalized spacial score (nSPS) is 13.2. The standard InChI is InChI=1S/C18H11F9O4S/c1-31-15-11(5-9(17(22,23)24)6-12(15)18(25,26)27)14(28)10-4-3-8(16(19,20)21)7-13(10)32(2,29)30/h3-7H,1-2H3. The molecule has 0 bridgehead atoms. The van der Waals surface area contributed by atoms with E-state index in [1.54, 1.807) is 0 Å². The monoisotopic (exact) mass is 494 g/mol. The summed E-state index contributed by atoms with van der Waals surface area (Å²) in [7, 11) is -3.95. The Labute approximate surface area is 174 Å². The number of ether oxygens (including phenoxy) is 1. The zero-order chi connectivity index (χ0) is 24.9. The number of ketones is 1. The summed E-state index contributed by atoms with van der Waals surface area (Å²) in [6.07, 6.45) is -15.4. The summed E-state index contributed by atoms with van der Waals surface area (Å²) in [6.45, 7) is 0. The zero-order valence-electron chi connectivity index (χ0n) is 15.8. The molecule has 0 saturated heterocycles. The van der Waals surface area contributed by atoms with Crippen LogP contribution in [-0.4, -0.2) is 27.6 Å². The fourth-order valence-corrected chi connectivity index (χ4v) is 3.63. The number of hydrogen-bond acceptors (Lipinski definition) is 4. The largest absolute Gasteiger partial charge is 0.495 e. The third-order valence-corrected chi connectivity index (χ3v) is 5.26. The molecule has 0 aromatic heterocycles. The average molecular weight is 494 g/mol. The van der Waals surface area contributed by atoms with Crippen LogP contribution in [0.5, 0.6) is 5.75 Å². The van der Waals surface area contributed by atoms with E-state index in [0.717, 1.165) is 0 Å². The average Bonchev–Trinajstić information content (AvgIpc) is 2.62. The van der Waals surface area contributed by atoms with Gasteiger partial charge in [0, 0.05) is 11.8 Å². The van der Waals surface area contributed by atoms with E-state index < -0.39 is 72.6 Å².